The molecule has 0 amide bonds. The molecule has 0 saturated carbocycles. The molecular formula is C18H25N3O3. The minimum atomic E-state index is 0.115. The number of hydrogen-bond donors (Lipinski definition) is 2. The first-order chi connectivity index (χ1) is 11.7. The molecule has 6 heteroatoms. The molecule has 0 spiro atoms. The maximum atomic E-state index is 10.1. The van der Waals surface area contributed by atoms with Gasteiger partial charge in [0.05, 0.1) is 20.3 Å². The Balaban J connectivity index is 1.58. The van der Waals surface area contributed by atoms with E-state index in [1.165, 1.54) is 5.69 Å². The quantitative estimate of drug-likeness (QED) is 0.847. The van der Waals surface area contributed by atoms with Crippen molar-refractivity contribution in [3.8, 4) is 11.5 Å². The summed E-state index contributed by atoms with van der Waals surface area (Å²) < 4.78 is 7.04. The van der Waals surface area contributed by atoms with Gasteiger partial charge in [0.2, 0.25) is 0 Å². The Hall–Kier alpha value is -2.05. The van der Waals surface area contributed by atoms with Crippen LogP contribution in [0.5, 0.6) is 11.5 Å². The van der Waals surface area contributed by atoms with E-state index in [4.69, 9.17) is 9.84 Å². The molecule has 0 radical (unpaired) electrons. The lowest BCUT2D eigenvalue weighted by molar-refractivity contribution is 0.197. The van der Waals surface area contributed by atoms with Gasteiger partial charge in [-0.3, -0.25) is 9.58 Å². The van der Waals surface area contributed by atoms with Gasteiger partial charge in [0, 0.05) is 36.0 Å². The number of aliphatic hydroxyl groups is 1. The third-order valence-corrected chi connectivity index (χ3v) is 4.75. The summed E-state index contributed by atoms with van der Waals surface area (Å²) in [6, 6.07) is 7.53. The molecule has 130 valence electrons. The van der Waals surface area contributed by atoms with Gasteiger partial charge in [0.1, 0.15) is 11.5 Å². The van der Waals surface area contributed by atoms with Crippen molar-refractivity contribution in [2.75, 3.05) is 26.8 Å². The highest BCUT2D eigenvalue weighted by molar-refractivity contribution is 5.39. The van der Waals surface area contributed by atoms with Crippen molar-refractivity contribution in [3.63, 3.8) is 0 Å². The molecule has 3 rings (SSSR count). The second-order valence-corrected chi connectivity index (χ2v) is 6.25. The monoisotopic (exact) mass is 331 g/mol. The maximum Gasteiger partial charge on any atom is 0.123 e. The number of phenols is 1. The van der Waals surface area contributed by atoms with E-state index in [1.54, 1.807) is 13.2 Å². The molecular weight excluding hydrogens is 306 g/mol. The average molecular weight is 331 g/mol. The van der Waals surface area contributed by atoms with E-state index in [-0.39, 0.29) is 12.4 Å². The smallest absolute Gasteiger partial charge is 0.123 e. The van der Waals surface area contributed by atoms with Crippen LogP contribution in [-0.2, 0) is 13.1 Å². The summed E-state index contributed by atoms with van der Waals surface area (Å²) in [6.45, 7) is 3.39. The Bertz CT molecular complexity index is 663. The average Bonchev–Trinajstić information content (AvgIpc) is 3.06. The van der Waals surface area contributed by atoms with Gasteiger partial charge in [-0.2, -0.15) is 5.10 Å². The van der Waals surface area contributed by atoms with E-state index in [0.29, 0.717) is 18.2 Å². The zero-order chi connectivity index (χ0) is 16.9. The minimum absolute atomic E-state index is 0.115. The second-order valence-electron chi connectivity index (χ2n) is 6.25. The van der Waals surface area contributed by atoms with Crippen LogP contribution in [0.2, 0.25) is 0 Å². The van der Waals surface area contributed by atoms with E-state index in [9.17, 15) is 5.11 Å². The summed E-state index contributed by atoms with van der Waals surface area (Å²) in [5.74, 6) is 1.45. The molecule has 2 N–H and O–H groups in total. The fourth-order valence-electron chi connectivity index (χ4n) is 3.40. The van der Waals surface area contributed by atoms with Crippen LogP contribution < -0.4 is 4.74 Å². The SMILES string of the molecule is COc1ccc(CN2CCC(c3ccnn3CCO)CC2)c(O)c1. The Labute approximate surface area is 142 Å². The third kappa shape index (κ3) is 3.71. The predicted octanol–water partition coefficient (Wildman–Crippen LogP) is 1.97. The number of rotatable bonds is 6. The number of ether oxygens (including phenoxy) is 1. The summed E-state index contributed by atoms with van der Waals surface area (Å²) in [4.78, 5) is 2.37. The van der Waals surface area contributed by atoms with Gasteiger partial charge >= 0.3 is 0 Å². The van der Waals surface area contributed by atoms with Crippen LogP contribution in [0.15, 0.2) is 30.5 Å². The highest BCUT2D eigenvalue weighted by Crippen LogP contribution is 2.30. The fraction of sp³-hybridized carbons (Fsp3) is 0.500. The lowest BCUT2D eigenvalue weighted by Gasteiger charge is -2.32. The van der Waals surface area contributed by atoms with Crippen molar-refractivity contribution in [3.05, 3.63) is 41.7 Å². The van der Waals surface area contributed by atoms with Crippen LogP contribution in [0.1, 0.15) is 30.0 Å². The Morgan fingerprint density at radius 2 is 2.04 bits per heavy atom. The zero-order valence-corrected chi connectivity index (χ0v) is 14.1. The summed E-state index contributed by atoms with van der Waals surface area (Å²) in [6.07, 6.45) is 3.94. The number of aromatic nitrogens is 2. The van der Waals surface area contributed by atoms with Crippen molar-refractivity contribution in [1.82, 2.24) is 14.7 Å². The number of piperidine rings is 1. The van der Waals surface area contributed by atoms with Crippen molar-refractivity contribution in [2.24, 2.45) is 0 Å². The number of methoxy groups -OCH3 is 1. The highest BCUT2D eigenvalue weighted by Gasteiger charge is 2.23. The Kier molecular flexibility index (Phi) is 5.37. The Morgan fingerprint density at radius 1 is 1.25 bits per heavy atom. The standard InChI is InChI=1S/C18H25N3O3/c1-24-16-3-2-15(18(23)12-16)13-20-8-5-14(6-9-20)17-4-7-19-21(17)10-11-22/h2-4,7,12,14,22-23H,5-6,8-11,13H2,1H3. The number of aliphatic hydroxyl groups excluding tert-OH is 1. The number of benzene rings is 1. The normalized spacial score (nSPS) is 16.4. The van der Waals surface area contributed by atoms with Crippen LogP contribution >= 0.6 is 0 Å². The van der Waals surface area contributed by atoms with Crippen molar-refractivity contribution in [2.45, 2.75) is 31.8 Å². The van der Waals surface area contributed by atoms with Gasteiger partial charge < -0.3 is 14.9 Å². The highest BCUT2D eigenvalue weighted by atomic mass is 16.5. The number of hydrogen-bond acceptors (Lipinski definition) is 5. The molecule has 24 heavy (non-hydrogen) atoms. The van der Waals surface area contributed by atoms with Gasteiger partial charge in [-0.1, -0.05) is 6.07 Å². The molecule has 1 saturated heterocycles. The number of nitrogens with zero attached hydrogens (tertiary/aromatic N) is 3. The molecule has 1 aromatic heterocycles. The molecule has 0 atom stereocenters. The van der Waals surface area contributed by atoms with Gasteiger partial charge in [0.25, 0.3) is 0 Å². The summed E-state index contributed by atoms with van der Waals surface area (Å²) in [5.41, 5.74) is 2.15. The summed E-state index contributed by atoms with van der Waals surface area (Å²) in [5, 5.41) is 23.5. The summed E-state index contributed by atoms with van der Waals surface area (Å²) in [7, 11) is 1.60. The minimum Gasteiger partial charge on any atom is -0.507 e. The Morgan fingerprint density at radius 3 is 2.71 bits per heavy atom. The molecule has 2 aromatic rings. The van der Waals surface area contributed by atoms with E-state index < -0.39 is 0 Å². The summed E-state index contributed by atoms with van der Waals surface area (Å²) >= 11 is 0. The van der Waals surface area contributed by atoms with Crippen molar-refractivity contribution >= 4 is 0 Å². The van der Waals surface area contributed by atoms with Crippen LogP contribution in [0.25, 0.3) is 0 Å². The van der Waals surface area contributed by atoms with Gasteiger partial charge in [-0.05, 0) is 38.1 Å². The third-order valence-electron chi connectivity index (χ3n) is 4.75. The second kappa shape index (κ2) is 7.68. The maximum absolute atomic E-state index is 10.1. The van der Waals surface area contributed by atoms with Crippen LogP contribution in [0.4, 0.5) is 0 Å². The van der Waals surface area contributed by atoms with Crippen LogP contribution in [0, 0.1) is 0 Å². The first-order valence-corrected chi connectivity index (χ1v) is 8.42. The molecule has 1 aliphatic heterocycles. The van der Waals surface area contributed by atoms with E-state index in [1.807, 2.05) is 23.0 Å². The van der Waals surface area contributed by atoms with Crippen LogP contribution in [0.3, 0.4) is 0 Å². The molecule has 2 heterocycles. The van der Waals surface area contributed by atoms with E-state index in [0.717, 1.165) is 38.0 Å². The molecule has 0 aliphatic carbocycles. The van der Waals surface area contributed by atoms with E-state index >= 15 is 0 Å². The zero-order valence-electron chi connectivity index (χ0n) is 14.1. The van der Waals surface area contributed by atoms with Crippen LogP contribution in [-0.4, -0.2) is 51.7 Å². The molecule has 0 bridgehead atoms. The van der Waals surface area contributed by atoms with Crippen molar-refractivity contribution in [1.29, 1.82) is 0 Å². The molecule has 0 unspecified atom stereocenters. The molecule has 6 nitrogen and oxygen atoms in total. The number of aromatic hydroxyl groups is 1. The van der Waals surface area contributed by atoms with Crippen molar-refractivity contribution < 1.29 is 14.9 Å². The molecule has 1 fully saturated rings. The topological polar surface area (TPSA) is 70.8 Å². The first kappa shape index (κ1) is 16.8. The molecule has 1 aliphatic rings. The number of likely N-dealkylation sites (tertiary alicyclic amines) is 1. The lowest BCUT2D eigenvalue weighted by Crippen LogP contribution is -2.33. The predicted molar refractivity (Wildman–Crippen MR) is 91.2 cm³/mol. The largest absolute Gasteiger partial charge is 0.507 e. The lowest BCUT2D eigenvalue weighted by atomic mass is 9.93. The van der Waals surface area contributed by atoms with E-state index in [2.05, 4.69) is 16.1 Å². The van der Waals surface area contributed by atoms with Gasteiger partial charge in [0.15, 0.2) is 0 Å². The molecule has 1 aromatic carbocycles. The van der Waals surface area contributed by atoms with Gasteiger partial charge in [-0.25, -0.2) is 0 Å². The first-order valence-electron chi connectivity index (χ1n) is 8.42. The van der Waals surface area contributed by atoms with Gasteiger partial charge in [-0.15, -0.1) is 0 Å². The number of phenolic OH excluding ortho intramolecular Hbond substituents is 1. The fourth-order valence-corrected chi connectivity index (χ4v) is 3.40.